The first kappa shape index (κ1) is 17.3. The molecular weight excluding hydrogens is 332 g/mol. The van der Waals surface area contributed by atoms with Gasteiger partial charge in [-0.1, -0.05) is 19.9 Å². The maximum Gasteiger partial charge on any atom is 0.327 e. The summed E-state index contributed by atoms with van der Waals surface area (Å²) < 4.78 is 29.3. The van der Waals surface area contributed by atoms with E-state index in [9.17, 15) is 13.6 Å². The summed E-state index contributed by atoms with van der Waals surface area (Å²) >= 11 is 0. The van der Waals surface area contributed by atoms with Crippen LogP contribution in [0, 0.1) is 28.6 Å². The van der Waals surface area contributed by atoms with Gasteiger partial charge in [0.1, 0.15) is 0 Å². The second-order valence-electron chi connectivity index (χ2n) is 10.3. The minimum Gasteiger partial charge on any atom is -0.311 e. The molecule has 4 saturated carbocycles. The van der Waals surface area contributed by atoms with Crippen molar-refractivity contribution in [3.63, 3.8) is 0 Å². The van der Waals surface area contributed by atoms with Gasteiger partial charge in [-0.05, 0) is 80.0 Å². The molecule has 26 heavy (non-hydrogen) atoms. The molecular formula is C22H31F2NO. The van der Waals surface area contributed by atoms with Crippen LogP contribution in [0.3, 0.4) is 0 Å². The number of fused-ring (bicyclic) bond motifs is 5. The Morgan fingerprint density at radius 1 is 1.04 bits per heavy atom. The Morgan fingerprint density at radius 3 is 2.54 bits per heavy atom. The largest absolute Gasteiger partial charge is 0.327 e. The van der Waals surface area contributed by atoms with E-state index >= 15 is 0 Å². The standard InChI is InChI=1S/C22H31F2NO/c1-20-12-10-19(26)22(23,24)17(20)7-5-14-15-6-8-18(25-13-3-4-13)21(15,2)11-9-16(14)20/h7,13-16,18,25H,3-6,8-12H2,1-2H3/t14-,15-,16-,18-,20+,21-/m0/s1. The molecule has 0 saturated heterocycles. The van der Waals surface area contributed by atoms with Gasteiger partial charge in [0.05, 0.1) is 0 Å². The van der Waals surface area contributed by atoms with Gasteiger partial charge in [-0.2, -0.15) is 8.78 Å². The molecule has 144 valence electrons. The summed E-state index contributed by atoms with van der Waals surface area (Å²) in [5, 5.41) is 3.89. The second-order valence-corrected chi connectivity index (χ2v) is 10.3. The maximum absolute atomic E-state index is 14.7. The normalized spacial score (nSPS) is 49.8. The van der Waals surface area contributed by atoms with Crippen LogP contribution in [0.15, 0.2) is 11.6 Å². The molecule has 0 aliphatic heterocycles. The first-order valence-corrected chi connectivity index (χ1v) is 10.6. The summed E-state index contributed by atoms with van der Waals surface area (Å²) in [5.74, 6) is -2.63. The molecule has 0 bridgehead atoms. The summed E-state index contributed by atoms with van der Waals surface area (Å²) in [4.78, 5) is 11.9. The van der Waals surface area contributed by atoms with E-state index in [1.54, 1.807) is 6.08 Å². The van der Waals surface area contributed by atoms with Crippen molar-refractivity contribution in [2.75, 3.05) is 0 Å². The molecule has 5 rings (SSSR count). The quantitative estimate of drug-likeness (QED) is 0.708. The summed E-state index contributed by atoms with van der Waals surface area (Å²) in [5.41, 5.74) is -0.000893. The Kier molecular flexibility index (Phi) is 3.60. The van der Waals surface area contributed by atoms with E-state index in [-0.39, 0.29) is 12.0 Å². The number of carbonyl (C=O) groups is 1. The Labute approximate surface area is 155 Å². The minimum atomic E-state index is -3.23. The number of allylic oxidation sites excluding steroid dienone is 2. The number of ketones is 1. The van der Waals surface area contributed by atoms with E-state index in [0.717, 1.165) is 25.3 Å². The first-order valence-electron chi connectivity index (χ1n) is 10.6. The van der Waals surface area contributed by atoms with Crippen molar-refractivity contribution in [1.82, 2.24) is 5.32 Å². The lowest BCUT2D eigenvalue weighted by Gasteiger charge is -2.58. The highest BCUT2D eigenvalue weighted by atomic mass is 19.3. The van der Waals surface area contributed by atoms with Gasteiger partial charge in [0.2, 0.25) is 5.78 Å². The summed E-state index contributed by atoms with van der Waals surface area (Å²) in [7, 11) is 0. The van der Waals surface area contributed by atoms with E-state index < -0.39 is 17.1 Å². The number of alkyl halides is 2. The van der Waals surface area contributed by atoms with Crippen molar-refractivity contribution in [2.45, 2.75) is 89.6 Å². The van der Waals surface area contributed by atoms with Gasteiger partial charge in [0, 0.05) is 24.1 Å². The van der Waals surface area contributed by atoms with Crippen LogP contribution in [0.4, 0.5) is 8.78 Å². The van der Waals surface area contributed by atoms with Crippen molar-refractivity contribution in [3.8, 4) is 0 Å². The lowest BCUT2D eigenvalue weighted by molar-refractivity contribution is -0.149. The van der Waals surface area contributed by atoms with Gasteiger partial charge in [-0.15, -0.1) is 0 Å². The number of hydrogen-bond acceptors (Lipinski definition) is 2. The average Bonchev–Trinajstić information content (AvgIpc) is 3.34. The van der Waals surface area contributed by atoms with Crippen LogP contribution in [0.2, 0.25) is 0 Å². The van der Waals surface area contributed by atoms with Gasteiger partial charge in [0.25, 0.3) is 0 Å². The van der Waals surface area contributed by atoms with Crippen molar-refractivity contribution in [2.24, 2.45) is 28.6 Å². The van der Waals surface area contributed by atoms with Crippen LogP contribution in [-0.2, 0) is 4.79 Å². The number of halogens is 2. The summed E-state index contributed by atoms with van der Waals surface area (Å²) in [6.45, 7) is 4.50. The lowest BCUT2D eigenvalue weighted by Crippen LogP contribution is -2.56. The zero-order chi connectivity index (χ0) is 18.3. The maximum atomic E-state index is 14.7. The van der Waals surface area contributed by atoms with Crippen LogP contribution < -0.4 is 5.32 Å². The Hall–Kier alpha value is -0.770. The number of carbonyl (C=O) groups excluding carboxylic acids is 1. The van der Waals surface area contributed by atoms with Gasteiger partial charge >= 0.3 is 5.92 Å². The van der Waals surface area contributed by atoms with Crippen molar-refractivity contribution in [1.29, 1.82) is 0 Å². The highest BCUT2D eigenvalue weighted by Crippen LogP contribution is 2.66. The minimum absolute atomic E-state index is 0.0395. The highest BCUT2D eigenvalue weighted by Gasteiger charge is 2.63. The van der Waals surface area contributed by atoms with Gasteiger partial charge in [-0.25, -0.2) is 0 Å². The smallest absolute Gasteiger partial charge is 0.311 e. The predicted molar refractivity (Wildman–Crippen MR) is 97.0 cm³/mol. The summed E-state index contributed by atoms with van der Waals surface area (Å²) in [6, 6.07) is 1.33. The third-order valence-electron chi connectivity index (χ3n) is 9.04. The monoisotopic (exact) mass is 363 g/mol. The fraction of sp³-hybridized carbons (Fsp3) is 0.864. The zero-order valence-corrected chi connectivity index (χ0v) is 16.0. The fourth-order valence-electron chi connectivity index (χ4n) is 7.39. The molecule has 6 atom stereocenters. The van der Waals surface area contributed by atoms with Crippen LogP contribution >= 0.6 is 0 Å². The van der Waals surface area contributed by atoms with Crippen molar-refractivity contribution in [3.05, 3.63) is 11.6 Å². The van der Waals surface area contributed by atoms with Crippen molar-refractivity contribution < 1.29 is 13.6 Å². The Balaban J connectivity index is 1.46. The molecule has 0 amide bonds. The highest BCUT2D eigenvalue weighted by molar-refractivity contribution is 5.90. The lowest BCUT2D eigenvalue weighted by atomic mass is 9.47. The second kappa shape index (κ2) is 5.40. The zero-order valence-electron chi connectivity index (χ0n) is 16.0. The third kappa shape index (κ3) is 2.20. The van der Waals surface area contributed by atoms with Crippen molar-refractivity contribution >= 4 is 5.78 Å². The molecule has 4 fully saturated rings. The molecule has 5 aliphatic carbocycles. The molecule has 4 heteroatoms. The van der Waals surface area contributed by atoms with Gasteiger partial charge < -0.3 is 5.32 Å². The predicted octanol–water partition coefficient (Wildman–Crippen LogP) is 4.88. The molecule has 2 nitrogen and oxygen atoms in total. The fourth-order valence-corrected chi connectivity index (χ4v) is 7.39. The molecule has 0 radical (unpaired) electrons. The van der Waals surface area contributed by atoms with E-state index in [1.807, 2.05) is 6.92 Å². The number of hydrogen-bond donors (Lipinski definition) is 1. The number of nitrogens with one attached hydrogen (secondary N) is 1. The average molecular weight is 363 g/mol. The van der Waals surface area contributed by atoms with E-state index in [2.05, 4.69) is 12.2 Å². The Morgan fingerprint density at radius 2 is 1.81 bits per heavy atom. The molecule has 5 aliphatic rings. The van der Waals surface area contributed by atoms with Gasteiger partial charge in [-0.3, -0.25) is 4.79 Å². The molecule has 1 N–H and O–H groups in total. The number of Topliss-reactive ketones (excluding diaryl/α,β-unsaturated/α-hetero) is 1. The molecule has 0 aromatic carbocycles. The van der Waals surface area contributed by atoms with E-state index in [0.29, 0.717) is 35.6 Å². The molecule has 0 spiro atoms. The first-order chi connectivity index (χ1) is 12.3. The van der Waals surface area contributed by atoms with Crippen LogP contribution in [0.25, 0.3) is 0 Å². The van der Waals surface area contributed by atoms with Crippen LogP contribution in [-0.4, -0.2) is 23.8 Å². The summed E-state index contributed by atoms with van der Waals surface area (Å²) in [6.07, 6.45) is 10.5. The Bertz CT molecular complexity index is 669. The molecule has 0 aromatic heterocycles. The third-order valence-corrected chi connectivity index (χ3v) is 9.04. The van der Waals surface area contributed by atoms with Crippen LogP contribution in [0.5, 0.6) is 0 Å². The molecule has 0 unspecified atom stereocenters. The number of rotatable bonds is 2. The van der Waals surface area contributed by atoms with Gasteiger partial charge in [0.15, 0.2) is 0 Å². The molecule has 0 heterocycles. The van der Waals surface area contributed by atoms with E-state index in [1.165, 1.54) is 25.7 Å². The SMILES string of the molecule is C[C@]12CC[C@H]3[C@@H](CC=C4C(F)(F)C(=O)CC[C@@]43C)[C@@H]1CC[C@@H]2NC1CC1. The molecule has 0 aromatic rings. The van der Waals surface area contributed by atoms with Crippen LogP contribution in [0.1, 0.15) is 71.6 Å². The van der Waals surface area contributed by atoms with E-state index in [4.69, 9.17) is 0 Å². The topological polar surface area (TPSA) is 29.1 Å².